The van der Waals surface area contributed by atoms with E-state index in [-0.39, 0.29) is 0 Å². The summed E-state index contributed by atoms with van der Waals surface area (Å²) in [6.07, 6.45) is 7.86. The molecule has 1 aliphatic heterocycles. The van der Waals surface area contributed by atoms with Gasteiger partial charge in [-0.25, -0.2) is 0 Å². The molecule has 0 unspecified atom stereocenters. The molecule has 0 aliphatic carbocycles. The molecule has 0 bridgehead atoms. The minimum absolute atomic E-state index is 0.752. The van der Waals surface area contributed by atoms with Crippen molar-refractivity contribution in [3.63, 3.8) is 0 Å². The Balaban J connectivity index is 1.45. The quantitative estimate of drug-likeness (QED) is 0.678. The number of hydrogen-bond donors (Lipinski definition) is 0. The summed E-state index contributed by atoms with van der Waals surface area (Å²) in [6.45, 7) is 8.74. The molecule has 0 radical (unpaired) electrons. The van der Waals surface area contributed by atoms with Crippen LogP contribution < -0.4 is 4.74 Å². The maximum absolute atomic E-state index is 5.49. The van der Waals surface area contributed by atoms with E-state index in [1.165, 1.54) is 37.1 Å². The molecule has 1 fully saturated rings. The molecule has 0 amide bonds. The first-order valence-electron chi connectivity index (χ1n) is 10.2. The number of piperidine rings is 1. The zero-order valence-corrected chi connectivity index (χ0v) is 17.1. The topological polar surface area (TPSA) is 33.5 Å². The number of aromatic nitrogens is 2. The molecule has 0 N–H and O–H groups in total. The van der Waals surface area contributed by atoms with Gasteiger partial charge in [-0.2, -0.15) is 5.10 Å². The second-order valence-electron chi connectivity index (χ2n) is 7.77. The molecule has 0 saturated carbocycles. The van der Waals surface area contributed by atoms with Crippen LogP contribution in [-0.4, -0.2) is 59.9 Å². The number of likely N-dealkylation sites (tertiary alicyclic amines) is 1. The maximum atomic E-state index is 5.49. The fourth-order valence-electron chi connectivity index (χ4n) is 4.17. The van der Waals surface area contributed by atoms with E-state index >= 15 is 0 Å². The molecule has 1 aromatic carbocycles. The van der Waals surface area contributed by atoms with Crippen molar-refractivity contribution >= 4 is 0 Å². The predicted molar refractivity (Wildman–Crippen MR) is 110 cm³/mol. The summed E-state index contributed by atoms with van der Waals surface area (Å²) in [4.78, 5) is 5.08. The van der Waals surface area contributed by atoms with Gasteiger partial charge >= 0.3 is 0 Å². The summed E-state index contributed by atoms with van der Waals surface area (Å²) in [6, 6.07) is 8.39. The third-order valence-corrected chi connectivity index (χ3v) is 5.53. The van der Waals surface area contributed by atoms with Crippen LogP contribution in [0, 0.1) is 5.92 Å². The minimum atomic E-state index is 0.752. The molecule has 3 rings (SSSR count). The van der Waals surface area contributed by atoms with Crippen LogP contribution in [0.4, 0.5) is 0 Å². The van der Waals surface area contributed by atoms with Crippen LogP contribution in [-0.2, 0) is 19.5 Å². The zero-order valence-electron chi connectivity index (χ0n) is 17.1. The number of methoxy groups -OCH3 is 1. The van der Waals surface area contributed by atoms with Crippen LogP contribution >= 0.6 is 0 Å². The predicted octanol–water partition coefficient (Wildman–Crippen LogP) is 3.30. The van der Waals surface area contributed by atoms with Crippen LogP contribution in [0.1, 0.15) is 30.9 Å². The van der Waals surface area contributed by atoms with E-state index in [9.17, 15) is 0 Å². The molecule has 1 atom stereocenters. The first-order chi connectivity index (χ1) is 13.2. The highest BCUT2D eigenvalue weighted by Crippen LogP contribution is 2.21. The van der Waals surface area contributed by atoms with Gasteiger partial charge in [0.1, 0.15) is 5.75 Å². The molecule has 27 heavy (non-hydrogen) atoms. The zero-order chi connectivity index (χ0) is 19.1. The Labute approximate surface area is 163 Å². The van der Waals surface area contributed by atoms with E-state index in [4.69, 9.17) is 4.74 Å². The van der Waals surface area contributed by atoms with Crippen molar-refractivity contribution in [1.82, 2.24) is 19.6 Å². The summed E-state index contributed by atoms with van der Waals surface area (Å²) >= 11 is 0. The highest BCUT2D eigenvalue weighted by Gasteiger charge is 2.21. The summed E-state index contributed by atoms with van der Waals surface area (Å²) in [7, 11) is 3.99. The molecular formula is C22H34N4O. The van der Waals surface area contributed by atoms with Gasteiger partial charge in [0.2, 0.25) is 0 Å². The average molecular weight is 371 g/mol. The molecule has 5 heteroatoms. The number of rotatable bonds is 9. The smallest absolute Gasteiger partial charge is 0.122 e. The van der Waals surface area contributed by atoms with Crippen LogP contribution in [0.5, 0.6) is 5.75 Å². The third-order valence-electron chi connectivity index (χ3n) is 5.53. The van der Waals surface area contributed by atoms with Gasteiger partial charge in [0, 0.05) is 44.5 Å². The molecule has 1 aromatic heterocycles. The van der Waals surface area contributed by atoms with Crippen molar-refractivity contribution in [2.24, 2.45) is 5.92 Å². The average Bonchev–Trinajstić information content (AvgIpc) is 3.14. The SMILES string of the molecule is CCn1cc(CN(C)C[C@@H]2CCCN(CCc3ccccc3OC)C2)cn1. The lowest BCUT2D eigenvalue weighted by atomic mass is 9.97. The van der Waals surface area contributed by atoms with Crippen LogP contribution in [0.25, 0.3) is 0 Å². The largest absolute Gasteiger partial charge is 0.496 e. The number of para-hydroxylation sites is 1. The second kappa shape index (κ2) is 9.90. The Morgan fingerprint density at radius 3 is 2.93 bits per heavy atom. The fourth-order valence-corrected chi connectivity index (χ4v) is 4.17. The Bertz CT molecular complexity index is 699. The molecule has 148 valence electrons. The lowest BCUT2D eigenvalue weighted by Gasteiger charge is -2.34. The second-order valence-corrected chi connectivity index (χ2v) is 7.77. The highest BCUT2D eigenvalue weighted by atomic mass is 16.5. The summed E-state index contributed by atoms with van der Waals surface area (Å²) < 4.78 is 7.50. The van der Waals surface area contributed by atoms with E-state index in [0.29, 0.717) is 0 Å². The summed E-state index contributed by atoms with van der Waals surface area (Å²) in [5.41, 5.74) is 2.62. The minimum Gasteiger partial charge on any atom is -0.496 e. The molecular weight excluding hydrogens is 336 g/mol. The van der Waals surface area contributed by atoms with E-state index in [2.05, 4.69) is 53.3 Å². The van der Waals surface area contributed by atoms with Crippen molar-refractivity contribution in [1.29, 1.82) is 0 Å². The van der Waals surface area contributed by atoms with Gasteiger partial charge in [0.15, 0.2) is 0 Å². The lowest BCUT2D eigenvalue weighted by molar-refractivity contribution is 0.142. The molecule has 0 spiro atoms. The number of nitrogens with zero attached hydrogens (tertiary/aromatic N) is 4. The van der Waals surface area contributed by atoms with E-state index < -0.39 is 0 Å². The maximum Gasteiger partial charge on any atom is 0.122 e. The third kappa shape index (κ3) is 5.81. The Morgan fingerprint density at radius 2 is 2.15 bits per heavy atom. The molecule has 1 saturated heterocycles. The van der Waals surface area contributed by atoms with Gasteiger partial charge in [0.25, 0.3) is 0 Å². The van der Waals surface area contributed by atoms with Gasteiger partial charge in [0.05, 0.1) is 13.3 Å². The highest BCUT2D eigenvalue weighted by molar-refractivity contribution is 5.33. The standard InChI is InChI=1S/C22H34N4O/c1-4-26-18-20(14-23-26)16-24(2)15-19-8-7-12-25(17-19)13-11-21-9-5-6-10-22(21)27-3/h5-6,9-10,14,18-19H,4,7-8,11-13,15-17H2,1-3H3/t19-/m0/s1. The van der Waals surface area contributed by atoms with Gasteiger partial charge in [-0.05, 0) is 57.3 Å². The van der Waals surface area contributed by atoms with Crippen LogP contribution in [0.15, 0.2) is 36.7 Å². The lowest BCUT2D eigenvalue weighted by Crippen LogP contribution is -2.40. The van der Waals surface area contributed by atoms with E-state index in [1.54, 1.807) is 7.11 Å². The monoisotopic (exact) mass is 370 g/mol. The van der Waals surface area contributed by atoms with Crippen LogP contribution in [0.3, 0.4) is 0 Å². The summed E-state index contributed by atoms with van der Waals surface area (Å²) in [5.74, 6) is 1.76. The molecule has 2 heterocycles. The van der Waals surface area contributed by atoms with Crippen LogP contribution in [0.2, 0.25) is 0 Å². The van der Waals surface area contributed by atoms with Gasteiger partial charge in [-0.1, -0.05) is 18.2 Å². The normalized spacial score (nSPS) is 18.1. The van der Waals surface area contributed by atoms with Gasteiger partial charge in [-0.15, -0.1) is 0 Å². The summed E-state index contributed by atoms with van der Waals surface area (Å²) in [5, 5.41) is 4.39. The Kier molecular flexibility index (Phi) is 7.30. The number of benzene rings is 1. The molecule has 5 nitrogen and oxygen atoms in total. The van der Waals surface area contributed by atoms with E-state index in [0.717, 1.165) is 44.3 Å². The number of hydrogen-bond acceptors (Lipinski definition) is 4. The first-order valence-corrected chi connectivity index (χ1v) is 10.2. The number of aryl methyl sites for hydroxylation is 1. The van der Waals surface area contributed by atoms with Gasteiger partial charge in [-0.3, -0.25) is 4.68 Å². The molecule has 1 aliphatic rings. The van der Waals surface area contributed by atoms with E-state index in [1.807, 2.05) is 16.9 Å². The molecule has 2 aromatic rings. The Morgan fingerprint density at radius 1 is 1.30 bits per heavy atom. The van der Waals surface area contributed by atoms with Crippen molar-refractivity contribution < 1.29 is 4.74 Å². The van der Waals surface area contributed by atoms with Crippen molar-refractivity contribution in [3.05, 3.63) is 47.8 Å². The van der Waals surface area contributed by atoms with Gasteiger partial charge < -0.3 is 14.5 Å². The Hall–Kier alpha value is -1.85. The number of ether oxygens (including phenoxy) is 1. The van der Waals surface area contributed by atoms with Crippen molar-refractivity contribution in [3.8, 4) is 5.75 Å². The van der Waals surface area contributed by atoms with Crippen molar-refractivity contribution in [2.45, 2.75) is 39.3 Å². The first kappa shape index (κ1) is 19.9. The fraction of sp³-hybridized carbons (Fsp3) is 0.591. The van der Waals surface area contributed by atoms with Crippen molar-refractivity contribution in [2.75, 3.05) is 40.3 Å².